The first-order chi connectivity index (χ1) is 8.31. The molecule has 1 fully saturated rings. The smallest absolute Gasteiger partial charge is 0.317 e. The fourth-order valence-corrected chi connectivity index (χ4v) is 2.67. The van der Waals surface area contributed by atoms with Crippen molar-refractivity contribution in [2.45, 2.75) is 34.1 Å². The molecule has 18 heavy (non-hydrogen) atoms. The quantitative estimate of drug-likeness (QED) is 0.707. The fraction of sp³-hybridized carbons (Fsp3) is 0.929. The minimum Gasteiger partial charge on any atom is -0.468 e. The summed E-state index contributed by atoms with van der Waals surface area (Å²) in [5.74, 6) is 0.520. The van der Waals surface area contributed by atoms with Crippen LogP contribution in [0.15, 0.2) is 0 Å². The zero-order valence-electron chi connectivity index (χ0n) is 12.3. The van der Waals surface area contributed by atoms with Gasteiger partial charge in [-0.25, -0.2) is 0 Å². The molecule has 0 bridgehead atoms. The molecule has 0 aromatic rings. The van der Waals surface area contributed by atoms with Gasteiger partial charge in [-0.05, 0) is 17.8 Å². The zero-order chi connectivity index (χ0) is 13.8. The van der Waals surface area contributed by atoms with Crippen molar-refractivity contribution in [3.63, 3.8) is 0 Å². The lowest BCUT2D eigenvalue weighted by Crippen LogP contribution is -2.56. The largest absolute Gasteiger partial charge is 0.468 e. The van der Waals surface area contributed by atoms with E-state index >= 15 is 0 Å². The van der Waals surface area contributed by atoms with Crippen LogP contribution in [0.25, 0.3) is 0 Å². The molecule has 1 aliphatic heterocycles. The standard InChI is InChI=1S/C14H27NO3/c1-11(2)6-13(3,4)7-15-8-14(9-18-10-14)12(16)17-5/h11,15H,6-10H2,1-5H3. The molecular formula is C14H27NO3. The number of hydrogen-bond acceptors (Lipinski definition) is 4. The molecule has 0 atom stereocenters. The van der Waals surface area contributed by atoms with E-state index in [0.29, 0.717) is 25.7 Å². The SMILES string of the molecule is COC(=O)C1(CNCC(C)(C)CC(C)C)COC1. The molecule has 0 unspecified atom stereocenters. The molecule has 4 heteroatoms. The topological polar surface area (TPSA) is 47.6 Å². The number of esters is 1. The number of rotatable bonds is 7. The van der Waals surface area contributed by atoms with Gasteiger partial charge in [0.25, 0.3) is 0 Å². The Balaban J connectivity index is 2.38. The second-order valence-corrected chi connectivity index (χ2v) is 6.63. The van der Waals surface area contributed by atoms with E-state index in [4.69, 9.17) is 9.47 Å². The first-order valence-electron chi connectivity index (χ1n) is 6.68. The lowest BCUT2D eigenvalue weighted by molar-refractivity contribution is -0.182. The summed E-state index contributed by atoms with van der Waals surface area (Å²) in [6.45, 7) is 11.5. The molecule has 0 aliphatic carbocycles. The summed E-state index contributed by atoms with van der Waals surface area (Å²) in [5.41, 5.74) is -0.210. The minimum atomic E-state index is -0.456. The molecule has 0 amide bonds. The van der Waals surface area contributed by atoms with Gasteiger partial charge in [0.1, 0.15) is 5.41 Å². The molecule has 1 N–H and O–H groups in total. The van der Waals surface area contributed by atoms with E-state index in [-0.39, 0.29) is 11.4 Å². The Labute approximate surface area is 110 Å². The average molecular weight is 257 g/mol. The van der Waals surface area contributed by atoms with Crippen molar-refractivity contribution in [2.75, 3.05) is 33.4 Å². The Hall–Kier alpha value is -0.610. The van der Waals surface area contributed by atoms with Gasteiger partial charge in [-0.2, -0.15) is 0 Å². The van der Waals surface area contributed by atoms with Gasteiger partial charge in [0.2, 0.25) is 0 Å². The van der Waals surface area contributed by atoms with E-state index < -0.39 is 5.41 Å². The van der Waals surface area contributed by atoms with Crippen molar-refractivity contribution < 1.29 is 14.3 Å². The van der Waals surface area contributed by atoms with Gasteiger partial charge >= 0.3 is 5.97 Å². The summed E-state index contributed by atoms with van der Waals surface area (Å²) in [6.07, 6.45) is 1.17. The summed E-state index contributed by atoms with van der Waals surface area (Å²) in [5, 5.41) is 3.41. The van der Waals surface area contributed by atoms with Gasteiger partial charge in [0, 0.05) is 13.1 Å². The molecule has 0 radical (unpaired) electrons. The highest BCUT2D eigenvalue weighted by Crippen LogP contribution is 2.29. The van der Waals surface area contributed by atoms with Gasteiger partial charge in [-0.15, -0.1) is 0 Å². The maximum atomic E-state index is 11.7. The van der Waals surface area contributed by atoms with Crippen molar-refractivity contribution in [3.8, 4) is 0 Å². The first kappa shape index (κ1) is 15.4. The van der Waals surface area contributed by atoms with E-state index in [1.165, 1.54) is 13.5 Å². The molecular weight excluding hydrogens is 230 g/mol. The van der Waals surface area contributed by atoms with Crippen molar-refractivity contribution in [2.24, 2.45) is 16.7 Å². The molecule has 106 valence electrons. The second-order valence-electron chi connectivity index (χ2n) is 6.63. The van der Waals surface area contributed by atoms with Crippen molar-refractivity contribution in [1.82, 2.24) is 5.32 Å². The van der Waals surface area contributed by atoms with Crippen LogP contribution in [0.5, 0.6) is 0 Å². The maximum Gasteiger partial charge on any atom is 0.317 e. The molecule has 0 aromatic carbocycles. The molecule has 0 saturated carbocycles. The third-order valence-corrected chi connectivity index (χ3v) is 3.40. The van der Waals surface area contributed by atoms with Crippen LogP contribution < -0.4 is 5.32 Å². The Bertz CT molecular complexity index is 283. The number of carbonyl (C=O) groups is 1. The molecule has 4 nitrogen and oxygen atoms in total. The summed E-state index contributed by atoms with van der Waals surface area (Å²) in [6, 6.07) is 0. The third-order valence-electron chi connectivity index (χ3n) is 3.40. The van der Waals surface area contributed by atoms with E-state index in [1.54, 1.807) is 0 Å². The van der Waals surface area contributed by atoms with Crippen LogP contribution in [0.4, 0.5) is 0 Å². The highest BCUT2D eigenvalue weighted by Gasteiger charge is 2.46. The van der Waals surface area contributed by atoms with Crippen molar-refractivity contribution in [3.05, 3.63) is 0 Å². The Morgan fingerprint density at radius 3 is 2.44 bits per heavy atom. The van der Waals surface area contributed by atoms with Gasteiger partial charge in [-0.3, -0.25) is 4.79 Å². The van der Waals surface area contributed by atoms with Crippen LogP contribution in [0, 0.1) is 16.7 Å². The molecule has 1 heterocycles. The summed E-state index contributed by atoms with van der Waals surface area (Å²) in [7, 11) is 1.44. The lowest BCUT2D eigenvalue weighted by Gasteiger charge is -2.39. The van der Waals surface area contributed by atoms with Gasteiger partial charge in [0.15, 0.2) is 0 Å². The minimum absolute atomic E-state index is 0.164. The normalized spacial score (nSPS) is 18.6. The molecule has 1 saturated heterocycles. The van der Waals surface area contributed by atoms with Gasteiger partial charge in [0.05, 0.1) is 20.3 Å². The number of nitrogens with one attached hydrogen (secondary N) is 1. The van der Waals surface area contributed by atoms with Crippen LogP contribution in [0.1, 0.15) is 34.1 Å². The molecule has 0 aromatic heterocycles. The fourth-order valence-electron chi connectivity index (χ4n) is 2.67. The van der Waals surface area contributed by atoms with Crippen molar-refractivity contribution >= 4 is 5.97 Å². The lowest BCUT2D eigenvalue weighted by atomic mass is 9.82. The van der Waals surface area contributed by atoms with Crippen LogP contribution in [0.3, 0.4) is 0 Å². The summed E-state index contributed by atoms with van der Waals surface area (Å²) >= 11 is 0. The maximum absolute atomic E-state index is 11.7. The number of methoxy groups -OCH3 is 1. The first-order valence-corrected chi connectivity index (χ1v) is 6.68. The van der Waals surface area contributed by atoms with Crippen LogP contribution in [-0.2, 0) is 14.3 Å². The molecule has 1 rings (SSSR count). The second kappa shape index (κ2) is 6.02. The monoisotopic (exact) mass is 257 g/mol. The van der Waals surface area contributed by atoms with Crippen LogP contribution >= 0.6 is 0 Å². The van der Waals surface area contributed by atoms with E-state index in [0.717, 1.165) is 6.54 Å². The van der Waals surface area contributed by atoms with Gasteiger partial charge < -0.3 is 14.8 Å². The Morgan fingerprint density at radius 1 is 1.44 bits per heavy atom. The number of carbonyl (C=O) groups excluding carboxylic acids is 1. The van der Waals surface area contributed by atoms with E-state index in [1.807, 2.05) is 0 Å². The highest BCUT2D eigenvalue weighted by atomic mass is 16.5. The van der Waals surface area contributed by atoms with Crippen LogP contribution in [-0.4, -0.2) is 39.4 Å². The summed E-state index contributed by atoms with van der Waals surface area (Å²) in [4.78, 5) is 11.7. The van der Waals surface area contributed by atoms with E-state index in [2.05, 4.69) is 33.0 Å². The van der Waals surface area contributed by atoms with Crippen molar-refractivity contribution in [1.29, 1.82) is 0 Å². The predicted octanol–water partition coefficient (Wildman–Crippen LogP) is 1.84. The highest BCUT2D eigenvalue weighted by molar-refractivity contribution is 5.78. The number of ether oxygens (including phenoxy) is 2. The van der Waals surface area contributed by atoms with Gasteiger partial charge in [-0.1, -0.05) is 27.7 Å². The Morgan fingerprint density at radius 2 is 2.06 bits per heavy atom. The summed E-state index contributed by atoms with van der Waals surface area (Å²) < 4.78 is 10.0. The zero-order valence-corrected chi connectivity index (χ0v) is 12.3. The average Bonchev–Trinajstić information content (AvgIpc) is 2.19. The predicted molar refractivity (Wildman–Crippen MR) is 71.4 cm³/mol. The molecule has 0 spiro atoms. The Kier molecular flexibility index (Phi) is 5.17. The van der Waals surface area contributed by atoms with Crippen LogP contribution in [0.2, 0.25) is 0 Å². The van der Waals surface area contributed by atoms with E-state index in [9.17, 15) is 4.79 Å². The molecule has 1 aliphatic rings. The number of hydrogen-bond donors (Lipinski definition) is 1. The third kappa shape index (κ3) is 3.95.